The van der Waals surface area contributed by atoms with Gasteiger partial charge in [-0.2, -0.15) is 0 Å². The molecular weight excluding hydrogens is 248 g/mol. The summed E-state index contributed by atoms with van der Waals surface area (Å²) in [6, 6.07) is 4.26. The van der Waals surface area contributed by atoms with Gasteiger partial charge < -0.3 is 9.88 Å². The number of nitrogens with one attached hydrogen (secondary N) is 1. The first-order valence-corrected chi connectivity index (χ1v) is 7.39. The van der Waals surface area contributed by atoms with Gasteiger partial charge >= 0.3 is 0 Å². The van der Waals surface area contributed by atoms with Gasteiger partial charge in [0.1, 0.15) is 0 Å². The maximum Gasteiger partial charge on any atom is 0.168 e. The molecule has 1 aromatic carbocycles. The molecule has 0 saturated carbocycles. The number of carbonyl (C=O) groups excluding carboxylic acids is 1. The average Bonchev–Trinajstić information content (AvgIpc) is 2.82. The number of rotatable bonds is 2. The number of fused-ring (bicyclic) bond motifs is 1. The van der Waals surface area contributed by atoms with Gasteiger partial charge in [0.15, 0.2) is 5.78 Å². The van der Waals surface area contributed by atoms with E-state index in [-0.39, 0.29) is 5.92 Å². The lowest BCUT2D eigenvalue weighted by Gasteiger charge is -2.21. The predicted octanol–water partition coefficient (Wildman–Crippen LogP) is 2.98. The van der Waals surface area contributed by atoms with Gasteiger partial charge in [0, 0.05) is 30.1 Å². The van der Waals surface area contributed by atoms with Crippen molar-refractivity contribution < 1.29 is 4.79 Å². The summed E-state index contributed by atoms with van der Waals surface area (Å²) < 4.78 is 2.10. The normalized spacial score (nSPS) is 16.8. The van der Waals surface area contributed by atoms with Gasteiger partial charge in [-0.15, -0.1) is 0 Å². The largest absolute Gasteiger partial charge is 0.350 e. The fourth-order valence-electron chi connectivity index (χ4n) is 3.40. The van der Waals surface area contributed by atoms with E-state index in [2.05, 4.69) is 35.9 Å². The van der Waals surface area contributed by atoms with Crippen LogP contribution in [0.2, 0.25) is 0 Å². The van der Waals surface area contributed by atoms with Crippen LogP contribution in [0.15, 0.2) is 18.3 Å². The van der Waals surface area contributed by atoms with Crippen LogP contribution in [-0.4, -0.2) is 23.4 Å². The van der Waals surface area contributed by atoms with E-state index in [1.165, 1.54) is 16.6 Å². The van der Waals surface area contributed by atoms with Crippen molar-refractivity contribution in [2.45, 2.75) is 26.7 Å². The minimum atomic E-state index is 0.182. The van der Waals surface area contributed by atoms with Gasteiger partial charge in [-0.3, -0.25) is 4.79 Å². The average molecular weight is 270 g/mol. The van der Waals surface area contributed by atoms with E-state index in [9.17, 15) is 4.79 Å². The summed E-state index contributed by atoms with van der Waals surface area (Å²) in [5.41, 5.74) is 4.54. The second-order valence-corrected chi connectivity index (χ2v) is 5.97. The predicted molar refractivity (Wildman–Crippen MR) is 82.3 cm³/mol. The van der Waals surface area contributed by atoms with Gasteiger partial charge in [0.2, 0.25) is 0 Å². The minimum Gasteiger partial charge on any atom is -0.350 e. The van der Waals surface area contributed by atoms with Crippen LogP contribution >= 0.6 is 0 Å². The highest BCUT2D eigenvalue weighted by Gasteiger charge is 2.25. The lowest BCUT2D eigenvalue weighted by atomic mass is 9.88. The number of hydrogen-bond acceptors (Lipinski definition) is 2. The Morgan fingerprint density at radius 3 is 2.55 bits per heavy atom. The molecule has 1 N–H and O–H groups in total. The van der Waals surface area contributed by atoms with Crippen LogP contribution in [-0.2, 0) is 7.05 Å². The second-order valence-electron chi connectivity index (χ2n) is 5.97. The number of nitrogens with zero attached hydrogens (tertiary/aromatic N) is 1. The maximum absolute atomic E-state index is 12.8. The van der Waals surface area contributed by atoms with Crippen LogP contribution in [0.25, 0.3) is 10.9 Å². The Labute approximate surface area is 120 Å². The summed E-state index contributed by atoms with van der Waals surface area (Å²) in [4.78, 5) is 12.8. The van der Waals surface area contributed by atoms with Crippen molar-refractivity contribution in [2.75, 3.05) is 13.1 Å². The first-order chi connectivity index (χ1) is 9.59. The molecule has 1 aromatic heterocycles. The van der Waals surface area contributed by atoms with E-state index in [1.54, 1.807) is 0 Å². The molecule has 0 atom stereocenters. The first kappa shape index (κ1) is 13.4. The van der Waals surface area contributed by atoms with Gasteiger partial charge in [0.25, 0.3) is 0 Å². The molecule has 1 fully saturated rings. The van der Waals surface area contributed by atoms with E-state index >= 15 is 0 Å². The number of benzene rings is 1. The number of aryl methyl sites for hydroxylation is 3. The van der Waals surface area contributed by atoms with Crippen LogP contribution in [0.4, 0.5) is 0 Å². The molecule has 2 aromatic rings. The molecular formula is C17H22N2O. The minimum absolute atomic E-state index is 0.182. The Morgan fingerprint density at radius 1 is 1.20 bits per heavy atom. The molecule has 20 heavy (non-hydrogen) atoms. The van der Waals surface area contributed by atoms with Gasteiger partial charge in [-0.05, 0) is 50.9 Å². The third-order valence-corrected chi connectivity index (χ3v) is 4.51. The lowest BCUT2D eigenvalue weighted by Crippen LogP contribution is -2.31. The van der Waals surface area contributed by atoms with Gasteiger partial charge in [-0.1, -0.05) is 12.1 Å². The molecule has 0 radical (unpaired) electrons. The maximum atomic E-state index is 12.8. The van der Waals surface area contributed by atoms with Crippen molar-refractivity contribution >= 4 is 16.7 Å². The van der Waals surface area contributed by atoms with Crippen LogP contribution < -0.4 is 5.32 Å². The molecule has 2 heterocycles. The molecule has 106 valence electrons. The summed E-state index contributed by atoms with van der Waals surface area (Å²) >= 11 is 0. The number of piperidine rings is 1. The molecule has 1 aliphatic rings. The topological polar surface area (TPSA) is 34.0 Å². The smallest absolute Gasteiger partial charge is 0.168 e. The van der Waals surface area contributed by atoms with Crippen molar-refractivity contribution in [3.8, 4) is 0 Å². The number of hydrogen-bond donors (Lipinski definition) is 1. The van der Waals surface area contributed by atoms with Crippen molar-refractivity contribution in [3.63, 3.8) is 0 Å². The molecule has 0 spiro atoms. The number of ketones is 1. The SMILES string of the molecule is Cc1ccc(C)c2c1c(C(=O)C1CCNCC1)cn2C. The second kappa shape index (κ2) is 5.06. The van der Waals surface area contributed by atoms with Crippen LogP contribution in [0, 0.1) is 19.8 Å². The molecule has 3 heteroatoms. The third kappa shape index (κ3) is 2.06. The molecule has 3 rings (SSSR count). The molecule has 1 saturated heterocycles. The van der Waals surface area contributed by atoms with Gasteiger partial charge in [-0.25, -0.2) is 0 Å². The fraction of sp³-hybridized carbons (Fsp3) is 0.471. The Bertz CT molecular complexity index is 663. The molecule has 0 unspecified atom stereocenters. The van der Waals surface area contributed by atoms with E-state index in [0.29, 0.717) is 5.78 Å². The van der Waals surface area contributed by atoms with Crippen molar-refractivity contribution in [1.82, 2.24) is 9.88 Å². The lowest BCUT2D eigenvalue weighted by molar-refractivity contribution is 0.0896. The number of aromatic nitrogens is 1. The first-order valence-electron chi connectivity index (χ1n) is 7.39. The van der Waals surface area contributed by atoms with Crippen molar-refractivity contribution in [2.24, 2.45) is 13.0 Å². The Hall–Kier alpha value is -1.61. The quantitative estimate of drug-likeness (QED) is 0.851. The zero-order valence-corrected chi connectivity index (χ0v) is 12.5. The third-order valence-electron chi connectivity index (χ3n) is 4.51. The Balaban J connectivity index is 2.12. The van der Waals surface area contributed by atoms with Crippen molar-refractivity contribution in [1.29, 1.82) is 0 Å². The molecule has 3 nitrogen and oxygen atoms in total. The standard InChI is InChI=1S/C17H22N2O/c1-11-4-5-12(2)16-15(11)14(10-19(16)3)17(20)13-6-8-18-9-7-13/h4-5,10,13,18H,6-9H2,1-3H3. The summed E-state index contributed by atoms with van der Waals surface area (Å²) in [5.74, 6) is 0.507. The summed E-state index contributed by atoms with van der Waals surface area (Å²) in [7, 11) is 2.04. The zero-order valence-electron chi connectivity index (χ0n) is 12.5. The highest BCUT2D eigenvalue weighted by Crippen LogP contribution is 2.30. The summed E-state index contributed by atoms with van der Waals surface area (Å²) in [6.07, 6.45) is 3.94. The van der Waals surface area contributed by atoms with Crippen LogP contribution in [0.3, 0.4) is 0 Å². The molecule has 0 aliphatic carbocycles. The van der Waals surface area contributed by atoms with Crippen molar-refractivity contribution in [3.05, 3.63) is 35.0 Å². The summed E-state index contributed by atoms with van der Waals surface area (Å²) in [5, 5.41) is 4.48. The van der Waals surface area contributed by atoms with Crippen LogP contribution in [0.5, 0.6) is 0 Å². The Kier molecular flexibility index (Phi) is 3.38. The van der Waals surface area contributed by atoms with E-state index < -0.39 is 0 Å². The summed E-state index contributed by atoms with van der Waals surface area (Å²) in [6.45, 7) is 6.12. The highest BCUT2D eigenvalue weighted by atomic mass is 16.1. The highest BCUT2D eigenvalue weighted by molar-refractivity contribution is 6.10. The monoisotopic (exact) mass is 270 g/mol. The zero-order chi connectivity index (χ0) is 14.3. The molecule has 0 amide bonds. The van der Waals surface area contributed by atoms with E-state index in [4.69, 9.17) is 0 Å². The van der Waals surface area contributed by atoms with E-state index in [0.717, 1.165) is 36.9 Å². The Morgan fingerprint density at radius 2 is 1.85 bits per heavy atom. The molecule has 0 bridgehead atoms. The number of carbonyl (C=O) groups is 1. The number of Topliss-reactive ketones (excluding diaryl/α,β-unsaturated/α-hetero) is 1. The van der Waals surface area contributed by atoms with E-state index in [1.807, 2.05) is 13.2 Å². The molecule has 1 aliphatic heterocycles. The fourth-order valence-corrected chi connectivity index (χ4v) is 3.40. The van der Waals surface area contributed by atoms with Gasteiger partial charge in [0.05, 0.1) is 5.52 Å². The van der Waals surface area contributed by atoms with Crippen LogP contribution in [0.1, 0.15) is 34.3 Å².